The summed E-state index contributed by atoms with van der Waals surface area (Å²) in [5, 5.41) is 7.03. The maximum atomic E-state index is 12.2. The second-order valence-corrected chi connectivity index (χ2v) is 6.22. The molecule has 0 aliphatic carbocycles. The summed E-state index contributed by atoms with van der Waals surface area (Å²) in [6.07, 6.45) is 0.760. The van der Waals surface area contributed by atoms with Crippen LogP contribution in [0.1, 0.15) is 12.5 Å². The number of rotatable bonds is 6. The number of oxime groups is 1. The van der Waals surface area contributed by atoms with E-state index in [0.717, 1.165) is 10.0 Å². The van der Waals surface area contributed by atoms with Crippen LogP contribution in [0.25, 0.3) is 0 Å². The van der Waals surface area contributed by atoms with Gasteiger partial charge in [0.25, 0.3) is 5.91 Å². The minimum Gasteiger partial charge on any atom is -0.495 e. The van der Waals surface area contributed by atoms with E-state index >= 15 is 0 Å². The molecular formula is C17H16BrClN2O3. The van der Waals surface area contributed by atoms with E-state index in [-0.39, 0.29) is 5.91 Å². The van der Waals surface area contributed by atoms with Crippen LogP contribution in [0.2, 0.25) is 5.02 Å². The van der Waals surface area contributed by atoms with Gasteiger partial charge in [-0.05, 0) is 42.8 Å². The van der Waals surface area contributed by atoms with E-state index in [1.54, 1.807) is 25.1 Å². The minimum absolute atomic E-state index is 0.358. The van der Waals surface area contributed by atoms with Crippen molar-refractivity contribution in [1.29, 1.82) is 0 Å². The number of methoxy groups -OCH3 is 1. The molecule has 2 rings (SSSR count). The van der Waals surface area contributed by atoms with Crippen molar-refractivity contribution in [2.24, 2.45) is 5.16 Å². The van der Waals surface area contributed by atoms with Gasteiger partial charge in [-0.2, -0.15) is 0 Å². The molecule has 1 amide bonds. The monoisotopic (exact) mass is 410 g/mol. The summed E-state index contributed by atoms with van der Waals surface area (Å²) in [4.78, 5) is 17.3. The predicted octanol–water partition coefficient (Wildman–Crippen LogP) is 4.49. The summed E-state index contributed by atoms with van der Waals surface area (Å²) in [6.45, 7) is 1.60. The first-order valence-electron chi connectivity index (χ1n) is 7.09. The Bertz CT molecular complexity index is 735. The lowest BCUT2D eigenvalue weighted by Crippen LogP contribution is -2.26. The first-order chi connectivity index (χ1) is 11.5. The van der Waals surface area contributed by atoms with Crippen LogP contribution in [-0.4, -0.2) is 25.3 Å². The third-order valence-corrected chi connectivity index (χ3v) is 3.84. The molecule has 1 N–H and O–H groups in total. The van der Waals surface area contributed by atoms with Gasteiger partial charge in [0.15, 0.2) is 0 Å². The number of carbonyl (C=O) groups is 1. The number of benzene rings is 2. The number of nitrogens with zero attached hydrogens (tertiary/aromatic N) is 1. The van der Waals surface area contributed by atoms with E-state index in [1.807, 2.05) is 24.3 Å². The van der Waals surface area contributed by atoms with Gasteiger partial charge >= 0.3 is 0 Å². The largest absolute Gasteiger partial charge is 0.495 e. The van der Waals surface area contributed by atoms with E-state index < -0.39 is 6.10 Å². The number of hydrogen-bond donors (Lipinski definition) is 1. The third kappa shape index (κ3) is 5.25. The first-order valence-corrected chi connectivity index (χ1v) is 8.26. The number of amides is 1. The molecule has 0 unspecified atom stereocenters. The van der Waals surface area contributed by atoms with Crippen LogP contribution in [0.3, 0.4) is 0 Å². The number of nitrogens with one attached hydrogen (secondary N) is 1. The van der Waals surface area contributed by atoms with E-state index in [2.05, 4.69) is 26.4 Å². The smallest absolute Gasteiger partial charge is 0.268 e. The Hall–Kier alpha value is -2.05. The fraction of sp³-hybridized carbons (Fsp3) is 0.176. The van der Waals surface area contributed by atoms with Crippen molar-refractivity contribution in [3.8, 4) is 5.75 Å². The zero-order valence-corrected chi connectivity index (χ0v) is 15.5. The molecule has 24 heavy (non-hydrogen) atoms. The number of carbonyl (C=O) groups excluding carboxylic acids is 1. The molecule has 0 bridgehead atoms. The molecule has 126 valence electrons. The fourth-order valence-electron chi connectivity index (χ4n) is 1.79. The molecule has 0 aromatic heterocycles. The molecule has 0 fully saturated rings. The SMILES string of the molecule is COc1ccc(Cl)cc1NC(=O)[C@H](C)O/N=C\c1ccc(Br)cc1. The molecule has 0 saturated carbocycles. The van der Waals surface area contributed by atoms with Crippen molar-refractivity contribution in [3.05, 3.63) is 57.5 Å². The summed E-state index contributed by atoms with van der Waals surface area (Å²) >= 11 is 9.29. The standard InChI is InChI=1S/C17H16BrClN2O3/c1-11(24-20-10-12-3-5-13(18)6-4-12)17(22)21-15-9-14(19)7-8-16(15)23-2/h3-11H,1-2H3,(H,21,22)/b20-10-/t11-/m0/s1. The Labute approximate surface area is 153 Å². The highest BCUT2D eigenvalue weighted by Crippen LogP contribution is 2.27. The average molecular weight is 412 g/mol. The second-order valence-electron chi connectivity index (χ2n) is 4.87. The molecular weight excluding hydrogens is 396 g/mol. The van der Waals surface area contributed by atoms with Gasteiger partial charge < -0.3 is 14.9 Å². The average Bonchev–Trinajstić information content (AvgIpc) is 2.56. The van der Waals surface area contributed by atoms with Crippen LogP contribution in [0, 0.1) is 0 Å². The molecule has 2 aromatic carbocycles. The Morgan fingerprint density at radius 3 is 2.67 bits per heavy atom. The molecule has 2 aromatic rings. The zero-order chi connectivity index (χ0) is 17.5. The molecule has 1 atom stereocenters. The van der Waals surface area contributed by atoms with Gasteiger partial charge in [0.2, 0.25) is 6.10 Å². The molecule has 0 heterocycles. The van der Waals surface area contributed by atoms with Crippen molar-refractivity contribution < 1.29 is 14.4 Å². The Morgan fingerprint density at radius 1 is 1.29 bits per heavy atom. The van der Waals surface area contributed by atoms with Crippen molar-refractivity contribution in [2.45, 2.75) is 13.0 Å². The van der Waals surface area contributed by atoms with Crippen molar-refractivity contribution in [1.82, 2.24) is 0 Å². The molecule has 0 radical (unpaired) electrons. The van der Waals surface area contributed by atoms with Gasteiger partial charge in [0.05, 0.1) is 19.0 Å². The van der Waals surface area contributed by atoms with Gasteiger partial charge in [0, 0.05) is 9.50 Å². The van der Waals surface area contributed by atoms with Gasteiger partial charge in [-0.1, -0.05) is 44.8 Å². The van der Waals surface area contributed by atoms with Gasteiger partial charge in [-0.3, -0.25) is 4.79 Å². The van der Waals surface area contributed by atoms with E-state index in [9.17, 15) is 4.79 Å². The lowest BCUT2D eigenvalue weighted by Gasteiger charge is -2.13. The normalized spacial score (nSPS) is 12.0. The van der Waals surface area contributed by atoms with Crippen LogP contribution in [-0.2, 0) is 9.63 Å². The van der Waals surface area contributed by atoms with E-state index in [1.165, 1.54) is 13.3 Å². The van der Waals surface area contributed by atoms with Crippen molar-refractivity contribution in [3.63, 3.8) is 0 Å². The minimum atomic E-state index is -0.777. The molecule has 0 aliphatic heterocycles. The number of anilines is 1. The molecule has 0 saturated heterocycles. The summed E-state index contributed by atoms with van der Waals surface area (Å²) in [5.74, 6) is 0.154. The van der Waals surface area contributed by atoms with Crippen LogP contribution >= 0.6 is 27.5 Å². The zero-order valence-electron chi connectivity index (χ0n) is 13.1. The fourth-order valence-corrected chi connectivity index (χ4v) is 2.23. The molecule has 0 aliphatic rings. The maximum absolute atomic E-state index is 12.2. The summed E-state index contributed by atoms with van der Waals surface area (Å²) < 4.78 is 6.16. The lowest BCUT2D eigenvalue weighted by atomic mass is 10.2. The van der Waals surface area contributed by atoms with Gasteiger partial charge in [-0.15, -0.1) is 0 Å². The number of hydrogen-bond acceptors (Lipinski definition) is 4. The Balaban J connectivity index is 1.95. The Kier molecular flexibility index (Phi) is 6.63. The highest BCUT2D eigenvalue weighted by atomic mass is 79.9. The van der Waals surface area contributed by atoms with E-state index in [4.69, 9.17) is 21.2 Å². The number of ether oxygens (including phenoxy) is 1. The van der Waals surface area contributed by atoms with Crippen molar-refractivity contribution >= 4 is 45.3 Å². The highest BCUT2D eigenvalue weighted by Gasteiger charge is 2.16. The highest BCUT2D eigenvalue weighted by molar-refractivity contribution is 9.10. The molecule has 7 heteroatoms. The van der Waals surface area contributed by atoms with E-state index in [0.29, 0.717) is 16.5 Å². The second kappa shape index (κ2) is 8.70. The first kappa shape index (κ1) is 18.3. The summed E-state index contributed by atoms with van der Waals surface area (Å²) in [5.41, 5.74) is 1.34. The van der Waals surface area contributed by atoms with Crippen LogP contribution in [0.4, 0.5) is 5.69 Å². The van der Waals surface area contributed by atoms with Gasteiger partial charge in [0.1, 0.15) is 5.75 Å². The van der Waals surface area contributed by atoms with Crippen LogP contribution in [0.5, 0.6) is 5.75 Å². The predicted molar refractivity (Wildman–Crippen MR) is 98.9 cm³/mol. The van der Waals surface area contributed by atoms with Crippen LogP contribution < -0.4 is 10.1 Å². The number of halogens is 2. The topological polar surface area (TPSA) is 59.9 Å². The van der Waals surface area contributed by atoms with Crippen molar-refractivity contribution in [2.75, 3.05) is 12.4 Å². The lowest BCUT2D eigenvalue weighted by molar-refractivity contribution is -0.126. The van der Waals surface area contributed by atoms with Crippen LogP contribution in [0.15, 0.2) is 52.1 Å². The molecule has 5 nitrogen and oxygen atoms in total. The summed E-state index contributed by atoms with van der Waals surface area (Å²) in [6, 6.07) is 12.5. The summed E-state index contributed by atoms with van der Waals surface area (Å²) in [7, 11) is 1.52. The molecule has 0 spiro atoms. The maximum Gasteiger partial charge on any atom is 0.268 e. The quantitative estimate of drug-likeness (QED) is 0.563. The third-order valence-electron chi connectivity index (χ3n) is 3.08. The Morgan fingerprint density at radius 2 is 2.00 bits per heavy atom. The van der Waals surface area contributed by atoms with Gasteiger partial charge in [-0.25, -0.2) is 0 Å².